The van der Waals surface area contributed by atoms with E-state index in [-0.39, 0.29) is 0 Å². The molecule has 3 aliphatic rings. The SMILES string of the molecule is Cn1cc(-c2cc3c(cn2)N(c2nn(C4CCOCC4)c4c2CNCC4)CCC3)cn1. The molecule has 3 aromatic heterocycles. The van der Waals surface area contributed by atoms with Gasteiger partial charge in [0.05, 0.1) is 29.8 Å². The number of rotatable bonds is 3. The smallest absolute Gasteiger partial charge is 0.159 e. The van der Waals surface area contributed by atoms with Crippen LogP contribution in [0.2, 0.25) is 0 Å². The van der Waals surface area contributed by atoms with Gasteiger partial charge in [-0.15, -0.1) is 0 Å². The van der Waals surface area contributed by atoms with Crippen LogP contribution in [0.5, 0.6) is 0 Å². The summed E-state index contributed by atoms with van der Waals surface area (Å²) in [6, 6.07) is 2.68. The van der Waals surface area contributed by atoms with Gasteiger partial charge in [0.2, 0.25) is 0 Å². The fraction of sp³-hybridized carbons (Fsp3) is 0.522. The van der Waals surface area contributed by atoms with E-state index >= 15 is 0 Å². The molecule has 8 heteroatoms. The highest BCUT2D eigenvalue weighted by Gasteiger charge is 2.31. The van der Waals surface area contributed by atoms with Crippen molar-refractivity contribution < 1.29 is 4.74 Å². The van der Waals surface area contributed by atoms with Gasteiger partial charge in [0.25, 0.3) is 0 Å². The summed E-state index contributed by atoms with van der Waals surface area (Å²) in [4.78, 5) is 7.20. The van der Waals surface area contributed by atoms with Crippen molar-refractivity contribution >= 4 is 11.5 Å². The lowest BCUT2D eigenvalue weighted by molar-refractivity contribution is 0.0653. The van der Waals surface area contributed by atoms with Crippen LogP contribution in [-0.2, 0) is 31.2 Å². The minimum absolute atomic E-state index is 0.449. The van der Waals surface area contributed by atoms with Crippen LogP contribution in [0.3, 0.4) is 0 Å². The Morgan fingerprint density at radius 2 is 2.06 bits per heavy atom. The number of nitrogens with zero attached hydrogens (tertiary/aromatic N) is 6. The summed E-state index contributed by atoms with van der Waals surface area (Å²) in [6.07, 6.45) is 11.3. The summed E-state index contributed by atoms with van der Waals surface area (Å²) in [5, 5.41) is 13.1. The van der Waals surface area contributed by atoms with Crippen LogP contribution >= 0.6 is 0 Å². The molecule has 0 amide bonds. The molecule has 1 N–H and O–H groups in total. The molecular weight excluding hydrogens is 390 g/mol. The van der Waals surface area contributed by atoms with Crippen molar-refractivity contribution in [1.29, 1.82) is 0 Å². The Hall–Kier alpha value is -2.71. The Morgan fingerprint density at radius 1 is 1.16 bits per heavy atom. The van der Waals surface area contributed by atoms with Gasteiger partial charge < -0.3 is 15.0 Å². The Morgan fingerprint density at radius 3 is 2.90 bits per heavy atom. The highest BCUT2D eigenvalue weighted by Crippen LogP contribution is 2.39. The lowest BCUT2D eigenvalue weighted by atomic mass is 10.00. The molecule has 0 radical (unpaired) electrons. The predicted octanol–water partition coefficient (Wildman–Crippen LogP) is 2.76. The molecule has 0 unspecified atom stereocenters. The zero-order chi connectivity index (χ0) is 20.8. The molecule has 3 aromatic rings. The fourth-order valence-corrected chi connectivity index (χ4v) is 5.22. The molecule has 0 aromatic carbocycles. The maximum Gasteiger partial charge on any atom is 0.159 e. The molecule has 3 aliphatic heterocycles. The first-order chi connectivity index (χ1) is 15.3. The lowest BCUT2D eigenvalue weighted by Gasteiger charge is -2.30. The molecule has 6 rings (SSSR count). The van der Waals surface area contributed by atoms with E-state index in [9.17, 15) is 0 Å². The van der Waals surface area contributed by atoms with Crippen molar-refractivity contribution in [2.75, 3.05) is 31.2 Å². The van der Waals surface area contributed by atoms with Gasteiger partial charge in [-0.25, -0.2) is 0 Å². The number of nitrogens with one attached hydrogen (secondary N) is 1. The molecule has 0 atom stereocenters. The van der Waals surface area contributed by atoms with Gasteiger partial charge in [-0.3, -0.25) is 14.3 Å². The molecular formula is C23H29N7O. The second-order valence-corrected chi connectivity index (χ2v) is 8.82. The quantitative estimate of drug-likeness (QED) is 0.704. The zero-order valence-electron chi connectivity index (χ0n) is 18.0. The number of pyridine rings is 1. The van der Waals surface area contributed by atoms with Crippen LogP contribution in [0.1, 0.15) is 42.1 Å². The van der Waals surface area contributed by atoms with E-state index in [1.54, 1.807) is 0 Å². The number of hydrogen-bond donors (Lipinski definition) is 1. The van der Waals surface area contributed by atoms with Crippen molar-refractivity contribution in [1.82, 2.24) is 29.9 Å². The predicted molar refractivity (Wildman–Crippen MR) is 118 cm³/mol. The first-order valence-corrected chi connectivity index (χ1v) is 11.4. The van der Waals surface area contributed by atoms with E-state index < -0.39 is 0 Å². The summed E-state index contributed by atoms with van der Waals surface area (Å²) in [6.45, 7) is 4.56. The van der Waals surface area contributed by atoms with E-state index in [2.05, 4.69) is 26.1 Å². The van der Waals surface area contributed by atoms with E-state index in [1.807, 2.05) is 30.3 Å². The number of fused-ring (bicyclic) bond motifs is 2. The minimum atomic E-state index is 0.449. The van der Waals surface area contributed by atoms with Crippen molar-refractivity contribution in [3.8, 4) is 11.3 Å². The Kier molecular flexibility index (Phi) is 4.76. The van der Waals surface area contributed by atoms with Crippen molar-refractivity contribution in [2.45, 2.75) is 44.7 Å². The molecule has 31 heavy (non-hydrogen) atoms. The van der Waals surface area contributed by atoms with Gasteiger partial charge in [-0.2, -0.15) is 10.2 Å². The van der Waals surface area contributed by atoms with Gasteiger partial charge in [0.1, 0.15) is 0 Å². The van der Waals surface area contributed by atoms with Crippen LogP contribution in [0.25, 0.3) is 11.3 Å². The number of aromatic nitrogens is 5. The van der Waals surface area contributed by atoms with Crippen LogP contribution in [0.4, 0.5) is 11.5 Å². The maximum atomic E-state index is 5.61. The monoisotopic (exact) mass is 419 g/mol. The highest BCUT2D eigenvalue weighted by molar-refractivity contribution is 5.71. The number of ether oxygens (including phenoxy) is 1. The van der Waals surface area contributed by atoms with Gasteiger partial charge >= 0.3 is 0 Å². The van der Waals surface area contributed by atoms with Crippen molar-refractivity contribution in [2.24, 2.45) is 7.05 Å². The molecule has 1 saturated heterocycles. The fourth-order valence-electron chi connectivity index (χ4n) is 5.22. The Labute approximate surface area is 182 Å². The normalized spacial score (nSPS) is 19.3. The topological polar surface area (TPSA) is 73.0 Å². The van der Waals surface area contributed by atoms with Crippen LogP contribution in [-0.4, -0.2) is 50.8 Å². The van der Waals surface area contributed by atoms with Gasteiger partial charge in [-0.05, 0) is 37.3 Å². The Bertz CT molecular complexity index is 1100. The first kappa shape index (κ1) is 19.0. The van der Waals surface area contributed by atoms with E-state index in [4.69, 9.17) is 14.8 Å². The third kappa shape index (κ3) is 3.34. The number of anilines is 2. The van der Waals surface area contributed by atoms with E-state index in [0.717, 1.165) is 82.0 Å². The summed E-state index contributed by atoms with van der Waals surface area (Å²) in [7, 11) is 1.94. The molecule has 0 spiro atoms. The summed E-state index contributed by atoms with van der Waals surface area (Å²) >= 11 is 0. The lowest BCUT2D eigenvalue weighted by Crippen LogP contribution is -2.29. The Balaban J connectivity index is 1.40. The van der Waals surface area contributed by atoms with Crippen LogP contribution < -0.4 is 10.2 Å². The number of hydrogen-bond acceptors (Lipinski definition) is 6. The summed E-state index contributed by atoms with van der Waals surface area (Å²) in [5.74, 6) is 1.12. The minimum Gasteiger partial charge on any atom is -0.381 e. The second-order valence-electron chi connectivity index (χ2n) is 8.82. The van der Waals surface area contributed by atoms with E-state index in [0.29, 0.717) is 6.04 Å². The third-order valence-electron chi connectivity index (χ3n) is 6.82. The molecule has 0 saturated carbocycles. The second kappa shape index (κ2) is 7.76. The maximum absolute atomic E-state index is 5.61. The summed E-state index contributed by atoms with van der Waals surface area (Å²) < 4.78 is 9.76. The van der Waals surface area contributed by atoms with Gasteiger partial charge in [0, 0.05) is 69.3 Å². The average Bonchev–Trinajstić information content (AvgIpc) is 3.43. The highest BCUT2D eigenvalue weighted by atomic mass is 16.5. The van der Waals surface area contributed by atoms with Crippen molar-refractivity contribution in [3.63, 3.8) is 0 Å². The molecule has 8 nitrogen and oxygen atoms in total. The molecule has 6 heterocycles. The molecule has 1 fully saturated rings. The van der Waals surface area contributed by atoms with Gasteiger partial charge in [0.15, 0.2) is 5.82 Å². The largest absolute Gasteiger partial charge is 0.381 e. The summed E-state index contributed by atoms with van der Waals surface area (Å²) in [5.41, 5.74) is 7.37. The number of aryl methyl sites for hydroxylation is 2. The first-order valence-electron chi connectivity index (χ1n) is 11.4. The molecule has 0 bridgehead atoms. The molecule has 0 aliphatic carbocycles. The van der Waals surface area contributed by atoms with Gasteiger partial charge in [-0.1, -0.05) is 0 Å². The zero-order valence-corrected chi connectivity index (χ0v) is 18.0. The van der Waals surface area contributed by atoms with Crippen molar-refractivity contribution in [3.05, 3.63) is 41.5 Å². The average molecular weight is 420 g/mol. The standard InChI is InChI=1S/C23H29N7O/c1-28-15-17(12-26-28)20-11-16-3-2-8-29(22(16)14-25-20)23-19-13-24-7-4-21(19)30(27-23)18-5-9-31-10-6-18/h11-12,14-15,18,24H,2-10,13H2,1H3. The van der Waals surface area contributed by atoms with Crippen LogP contribution in [0, 0.1) is 0 Å². The third-order valence-corrected chi connectivity index (χ3v) is 6.82. The molecule has 162 valence electrons. The van der Waals surface area contributed by atoms with Crippen LogP contribution in [0.15, 0.2) is 24.7 Å². The van der Waals surface area contributed by atoms with E-state index in [1.165, 1.54) is 22.5 Å².